The molecule has 0 fully saturated rings. The van der Waals surface area contributed by atoms with E-state index in [1.165, 1.54) is 6.26 Å². The van der Waals surface area contributed by atoms with E-state index >= 15 is 0 Å². The van der Waals surface area contributed by atoms with E-state index in [1.54, 1.807) is 0 Å². The number of hydrogen-bond acceptors (Lipinski definition) is 2. The van der Waals surface area contributed by atoms with Gasteiger partial charge in [-0.2, -0.15) is 0 Å². The molecule has 0 spiro atoms. The topological polar surface area (TPSA) is 46.5 Å². The number of hydrogen-bond donors (Lipinski definition) is 1. The van der Waals surface area contributed by atoms with E-state index in [2.05, 4.69) is 0 Å². The molecule has 0 radical (unpaired) electrons. The van der Waals surface area contributed by atoms with Crippen molar-refractivity contribution in [2.24, 2.45) is 0 Å². The molecule has 2 aromatic carbocycles. The summed E-state index contributed by atoms with van der Waals surface area (Å²) in [7, 11) is 0. The number of carbonyl (C=O) groups is 1. The van der Waals surface area contributed by atoms with Gasteiger partial charge in [-0.3, -0.25) is 0 Å². The zero-order valence-electron chi connectivity index (χ0n) is 9.01. The number of ether oxygens (including phenoxy) is 1. The van der Waals surface area contributed by atoms with Crippen molar-refractivity contribution in [3.8, 4) is 5.75 Å². The molecule has 1 aliphatic heterocycles. The third kappa shape index (κ3) is 1.56. The van der Waals surface area contributed by atoms with Crippen LogP contribution in [0.25, 0.3) is 10.8 Å². The van der Waals surface area contributed by atoms with E-state index in [4.69, 9.17) is 9.84 Å². The van der Waals surface area contributed by atoms with Crippen LogP contribution in [0.15, 0.2) is 48.2 Å². The Hall–Kier alpha value is -2.29. The van der Waals surface area contributed by atoms with Crippen LogP contribution in [0.2, 0.25) is 0 Å². The van der Waals surface area contributed by atoms with Crippen LogP contribution in [0, 0.1) is 0 Å². The highest BCUT2D eigenvalue weighted by molar-refractivity contribution is 5.92. The predicted molar refractivity (Wildman–Crippen MR) is 64.0 cm³/mol. The van der Waals surface area contributed by atoms with Crippen LogP contribution in [0.4, 0.5) is 0 Å². The molecule has 1 N–H and O–H groups in total. The molecule has 3 nitrogen and oxygen atoms in total. The maximum atomic E-state index is 10.9. The number of rotatable bonds is 1. The molecule has 0 aliphatic carbocycles. The summed E-state index contributed by atoms with van der Waals surface area (Å²) >= 11 is 0. The van der Waals surface area contributed by atoms with Gasteiger partial charge in [0.15, 0.2) is 0 Å². The molecule has 3 heteroatoms. The quantitative estimate of drug-likeness (QED) is 0.813. The monoisotopic (exact) mass is 226 g/mol. The van der Waals surface area contributed by atoms with Gasteiger partial charge in [-0.25, -0.2) is 4.79 Å². The van der Waals surface area contributed by atoms with Gasteiger partial charge in [-0.15, -0.1) is 0 Å². The average molecular weight is 226 g/mol. The molecular weight excluding hydrogens is 216 g/mol. The molecule has 0 bridgehead atoms. The molecule has 0 atom stereocenters. The van der Waals surface area contributed by atoms with Gasteiger partial charge < -0.3 is 9.84 Å². The van der Waals surface area contributed by atoms with E-state index in [0.717, 1.165) is 22.1 Å². The number of carboxylic acids is 1. The van der Waals surface area contributed by atoms with Crippen LogP contribution in [0.1, 0.15) is 5.56 Å². The van der Waals surface area contributed by atoms with E-state index in [0.29, 0.717) is 6.42 Å². The fourth-order valence-electron chi connectivity index (χ4n) is 2.07. The van der Waals surface area contributed by atoms with Crippen LogP contribution in [0.3, 0.4) is 0 Å². The van der Waals surface area contributed by atoms with Gasteiger partial charge >= 0.3 is 5.97 Å². The molecule has 0 saturated carbocycles. The van der Waals surface area contributed by atoms with Crippen LogP contribution in [-0.4, -0.2) is 11.1 Å². The molecule has 84 valence electrons. The minimum Gasteiger partial charge on any atom is -0.478 e. The molecular formula is C14H10O3. The molecule has 0 unspecified atom stereocenters. The Labute approximate surface area is 97.9 Å². The number of aliphatic carboxylic acids is 1. The van der Waals surface area contributed by atoms with Gasteiger partial charge in [0, 0.05) is 17.4 Å². The van der Waals surface area contributed by atoms with Crippen molar-refractivity contribution in [1.29, 1.82) is 0 Å². The van der Waals surface area contributed by atoms with Crippen LogP contribution in [0.5, 0.6) is 5.75 Å². The Bertz CT molecular complexity index is 641. The normalized spacial score (nSPS) is 13.8. The fraction of sp³-hybridized carbons (Fsp3) is 0.0714. The third-order valence-electron chi connectivity index (χ3n) is 2.94. The summed E-state index contributed by atoms with van der Waals surface area (Å²) < 4.78 is 5.47. The Balaban J connectivity index is 2.16. The highest BCUT2D eigenvalue weighted by Crippen LogP contribution is 2.34. The Morgan fingerprint density at radius 3 is 2.82 bits per heavy atom. The smallest absolute Gasteiger partial charge is 0.335 e. The van der Waals surface area contributed by atoms with E-state index in [-0.39, 0.29) is 5.57 Å². The van der Waals surface area contributed by atoms with Crippen molar-refractivity contribution in [2.45, 2.75) is 6.42 Å². The van der Waals surface area contributed by atoms with Gasteiger partial charge in [0.05, 0.1) is 5.57 Å². The minimum absolute atomic E-state index is 0.285. The molecule has 0 aromatic heterocycles. The first-order valence-corrected chi connectivity index (χ1v) is 5.35. The predicted octanol–water partition coefficient (Wildman–Crippen LogP) is 2.74. The van der Waals surface area contributed by atoms with Crippen LogP contribution in [-0.2, 0) is 11.2 Å². The van der Waals surface area contributed by atoms with Crippen LogP contribution < -0.4 is 4.74 Å². The van der Waals surface area contributed by atoms with Gasteiger partial charge in [0.2, 0.25) is 0 Å². The lowest BCUT2D eigenvalue weighted by Crippen LogP contribution is -2.10. The molecule has 2 aromatic rings. The first kappa shape index (κ1) is 9.90. The molecule has 1 heterocycles. The summed E-state index contributed by atoms with van der Waals surface area (Å²) in [5.41, 5.74) is 1.20. The van der Waals surface area contributed by atoms with E-state index in [1.807, 2.05) is 36.4 Å². The Kier molecular flexibility index (Phi) is 2.11. The summed E-state index contributed by atoms with van der Waals surface area (Å²) in [4.78, 5) is 10.9. The standard InChI is InChI=1S/C14H10O3/c15-14(16)11-7-10-6-5-9-3-1-2-4-12(9)13(10)17-8-11/h1-6,8H,7H2,(H,15,16). The second-order valence-electron chi connectivity index (χ2n) is 4.02. The van der Waals surface area contributed by atoms with Crippen molar-refractivity contribution >= 4 is 16.7 Å². The van der Waals surface area contributed by atoms with Crippen molar-refractivity contribution in [3.63, 3.8) is 0 Å². The maximum Gasteiger partial charge on any atom is 0.335 e. The van der Waals surface area contributed by atoms with Gasteiger partial charge in [0.25, 0.3) is 0 Å². The second-order valence-corrected chi connectivity index (χ2v) is 4.02. The summed E-state index contributed by atoms with van der Waals surface area (Å²) in [6.07, 6.45) is 1.74. The van der Waals surface area contributed by atoms with Crippen LogP contribution >= 0.6 is 0 Å². The lowest BCUT2D eigenvalue weighted by atomic mass is 9.99. The van der Waals surface area contributed by atoms with Crippen molar-refractivity contribution < 1.29 is 14.6 Å². The number of fused-ring (bicyclic) bond motifs is 3. The Morgan fingerprint density at radius 1 is 1.18 bits per heavy atom. The molecule has 0 saturated heterocycles. The Morgan fingerprint density at radius 2 is 2.00 bits per heavy atom. The SMILES string of the molecule is O=C(O)C1=COc2c(ccc3ccccc23)C1. The zero-order valence-corrected chi connectivity index (χ0v) is 9.01. The summed E-state index contributed by atoms with van der Waals surface area (Å²) in [6, 6.07) is 11.8. The van der Waals surface area contributed by atoms with E-state index < -0.39 is 5.97 Å². The summed E-state index contributed by atoms with van der Waals surface area (Å²) in [5, 5.41) is 11.0. The number of benzene rings is 2. The summed E-state index contributed by atoms with van der Waals surface area (Å²) in [6.45, 7) is 0. The van der Waals surface area contributed by atoms with Crippen molar-refractivity contribution in [1.82, 2.24) is 0 Å². The van der Waals surface area contributed by atoms with Gasteiger partial charge in [-0.1, -0.05) is 36.4 Å². The van der Waals surface area contributed by atoms with Crippen molar-refractivity contribution in [2.75, 3.05) is 0 Å². The maximum absolute atomic E-state index is 10.9. The average Bonchev–Trinajstić information content (AvgIpc) is 2.38. The molecule has 17 heavy (non-hydrogen) atoms. The first-order chi connectivity index (χ1) is 8.25. The first-order valence-electron chi connectivity index (χ1n) is 5.35. The highest BCUT2D eigenvalue weighted by Gasteiger charge is 2.19. The molecule has 3 rings (SSSR count). The molecule has 0 amide bonds. The van der Waals surface area contributed by atoms with Gasteiger partial charge in [0.1, 0.15) is 12.0 Å². The largest absolute Gasteiger partial charge is 0.478 e. The highest BCUT2D eigenvalue weighted by atomic mass is 16.5. The number of carboxylic acid groups (broad SMARTS) is 1. The van der Waals surface area contributed by atoms with E-state index in [9.17, 15) is 4.79 Å². The van der Waals surface area contributed by atoms with Gasteiger partial charge in [-0.05, 0) is 5.39 Å². The zero-order chi connectivity index (χ0) is 11.8. The third-order valence-corrected chi connectivity index (χ3v) is 2.94. The second kappa shape index (κ2) is 3.63. The summed E-state index contributed by atoms with van der Waals surface area (Å²) in [5.74, 6) is -0.156. The fourth-order valence-corrected chi connectivity index (χ4v) is 2.07. The lowest BCUT2D eigenvalue weighted by Gasteiger charge is -2.17. The lowest BCUT2D eigenvalue weighted by molar-refractivity contribution is -0.132. The molecule has 1 aliphatic rings. The van der Waals surface area contributed by atoms with Crippen molar-refractivity contribution in [3.05, 3.63) is 53.8 Å². The minimum atomic E-state index is -0.927.